The average molecular weight is 275 g/mol. The number of benzene rings is 1. The van der Waals surface area contributed by atoms with Crippen LogP contribution in [0.1, 0.15) is 56.0 Å². The van der Waals surface area contributed by atoms with Crippen LogP contribution >= 0.6 is 0 Å². The van der Waals surface area contributed by atoms with Crippen LogP contribution < -0.4 is 5.32 Å². The third kappa shape index (κ3) is 3.83. The van der Waals surface area contributed by atoms with Gasteiger partial charge in [0.25, 0.3) is 0 Å². The van der Waals surface area contributed by atoms with Crippen molar-refractivity contribution in [2.45, 2.75) is 52.6 Å². The number of hydrogen-bond donors (Lipinski definition) is 2. The Labute approximate surface area is 121 Å². The third-order valence-corrected chi connectivity index (χ3v) is 4.22. The van der Waals surface area contributed by atoms with Crippen LogP contribution in [0.2, 0.25) is 0 Å². The van der Waals surface area contributed by atoms with Crippen LogP contribution in [0.4, 0.5) is 0 Å². The molecule has 1 aromatic rings. The molecular weight excluding hydrogens is 250 g/mol. The first-order valence-electron chi connectivity index (χ1n) is 7.42. The predicted molar refractivity (Wildman–Crippen MR) is 80.8 cm³/mol. The Balaban J connectivity index is 2.00. The predicted octanol–water partition coefficient (Wildman–Crippen LogP) is 3.69. The summed E-state index contributed by atoms with van der Waals surface area (Å²) >= 11 is 0. The molecule has 2 unspecified atom stereocenters. The Kier molecular flexibility index (Phi) is 4.48. The van der Waals surface area contributed by atoms with Crippen molar-refractivity contribution >= 4 is 5.97 Å². The van der Waals surface area contributed by atoms with Gasteiger partial charge in [-0.2, -0.15) is 0 Å². The molecule has 0 heterocycles. The second-order valence-corrected chi connectivity index (χ2v) is 6.95. The van der Waals surface area contributed by atoms with E-state index in [1.165, 1.54) is 12.8 Å². The fraction of sp³-hybridized carbons (Fsp3) is 0.588. The second kappa shape index (κ2) is 5.96. The number of nitrogens with one attached hydrogen (secondary N) is 1. The van der Waals surface area contributed by atoms with Gasteiger partial charge in [-0.15, -0.1) is 0 Å². The van der Waals surface area contributed by atoms with Crippen molar-refractivity contribution in [3.8, 4) is 0 Å². The molecule has 0 radical (unpaired) electrons. The lowest BCUT2D eigenvalue weighted by molar-refractivity contribution is 0.0695. The minimum Gasteiger partial charge on any atom is -0.478 e. The van der Waals surface area contributed by atoms with E-state index in [2.05, 4.69) is 26.1 Å². The molecular formula is C17H25NO2. The molecule has 20 heavy (non-hydrogen) atoms. The van der Waals surface area contributed by atoms with Gasteiger partial charge in [-0.05, 0) is 42.2 Å². The van der Waals surface area contributed by atoms with Gasteiger partial charge in [-0.25, -0.2) is 4.79 Å². The molecule has 110 valence electrons. The van der Waals surface area contributed by atoms with Crippen molar-refractivity contribution < 1.29 is 9.90 Å². The number of rotatable bonds is 4. The Morgan fingerprint density at radius 1 is 1.35 bits per heavy atom. The van der Waals surface area contributed by atoms with Gasteiger partial charge in [0.2, 0.25) is 0 Å². The quantitative estimate of drug-likeness (QED) is 0.881. The maximum atomic E-state index is 11.2. The average Bonchev–Trinajstić information content (AvgIpc) is 2.34. The third-order valence-electron chi connectivity index (χ3n) is 4.22. The lowest BCUT2D eigenvalue weighted by atomic mass is 9.70. The fourth-order valence-electron chi connectivity index (χ4n) is 3.64. The highest BCUT2D eigenvalue weighted by molar-refractivity contribution is 5.89. The highest BCUT2D eigenvalue weighted by Crippen LogP contribution is 2.38. The summed E-state index contributed by atoms with van der Waals surface area (Å²) in [4.78, 5) is 11.2. The molecule has 0 aromatic heterocycles. The molecule has 0 aliphatic heterocycles. The van der Waals surface area contributed by atoms with E-state index in [-0.39, 0.29) is 0 Å². The second-order valence-electron chi connectivity index (χ2n) is 6.95. The minimum absolute atomic E-state index is 0.377. The van der Waals surface area contributed by atoms with E-state index in [0.29, 0.717) is 23.6 Å². The summed E-state index contributed by atoms with van der Waals surface area (Å²) in [6.07, 6.45) is 3.61. The van der Waals surface area contributed by atoms with Gasteiger partial charge in [-0.1, -0.05) is 39.0 Å². The van der Waals surface area contributed by atoms with E-state index in [1.807, 2.05) is 12.1 Å². The summed E-state index contributed by atoms with van der Waals surface area (Å²) in [6, 6.07) is 7.73. The summed E-state index contributed by atoms with van der Waals surface area (Å²) in [5.41, 5.74) is 1.65. The number of aromatic carboxylic acids is 1. The number of carbonyl (C=O) groups is 1. The van der Waals surface area contributed by atoms with E-state index in [0.717, 1.165) is 17.9 Å². The normalized spacial score (nSPS) is 25.4. The molecule has 1 aliphatic rings. The molecule has 0 amide bonds. The Morgan fingerprint density at radius 3 is 2.70 bits per heavy atom. The van der Waals surface area contributed by atoms with Gasteiger partial charge in [0.15, 0.2) is 0 Å². The molecule has 0 saturated heterocycles. The molecule has 1 saturated carbocycles. The smallest absolute Gasteiger partial charge is 0.336 e. The van der Waals surface area contributed by atoms with Crippen LogP contribution in [-0.4, -0.2) is 17.1 Å². The van der Waals surface area contributed by atoms with Crippen LogP contribution in [0, 0.1) is 11.3 Å². The summed E-state index contributed by atoms with van der Waals surface area (Å²) in [5, 5.41) is 12.8. The van der Waals surface area contributed by atoms with Crippen LogP contribution in [0.5, 0.6) is 0 Å². The maximum absolute atomic E-state index is 11.2. The lowest BCUT2D eigenvalue weighted by Gasteiger charge is -2.39. The number of carboxylic acid groups (broad SMARTS) is 1. The van der Waals surface area contributed by atoms with Crippen molar-refractivity contribution in [2.75, 3.05) is 0 Å². The van der Waals surface area contributed by atoms with E-state index in [9.17, 15) is 9.90 Å². The van der Waals surface area contributed by atoms with Crippen LogP contribution in [-0.2, 0) is 6.54 Å². The molecule has 3 heteroatoms. The number of carboxylic acids is 1. The van der Waals surface area contributed by atoms with Crippen LogP contribution in [0.3, 0.4) is 0 Å². The topological polar surface area (TPSA) is 49.3 Å². The van der Waals surface area contributed by atoms with Crippen molar-refractivity contribution in [1.29, 1.82) is 0 Å². The van der Waals surface area contributed by atoms with Crippen molar-refractivity contribution in [2.24, 2.45) is 11.3 Å². The Hall–Kier alpha value is -1.35. The van der Waals surface area contributed by atoms with Gasteiger partial charge in [0.1, 0.15) is 0 Å². The first-order chi connectivity index (χ1) is 9.37. The lowest BCUT2D eigenvalue weighted by Crippen LogP contribution is -2.40. The minimum atomic E-state index is -0.847. The summed E-state index contributed by atoms with van der Waals surface area (Å²) in [6.45, 7) is 7.59. The zero-order valence-electron chi connectivity index (χ0n) is 12.6. The fourth-order valence-corrected chi connectivity index (χ4v) is 3.64. The van der Waals surface area contributed by atoms with E-state index >= 15 is 0 Å². The molecule has 3 nitrogen and oxygen atoms in total. The van der Waals surface area contributed by atoms with Gasteiger partial charge in [0.05, 0.1) is 5.56 Å². The van der Waals surface area contributed by atoms with Gasteiger partial charge in [0, 0.05) is 12.6 Å². The zero-order valence-corrected chi connectivity index (χ0v) is 12.6. The van der Waals surface area contributed by atoms with Crippen molar-refractivity contribution in [3.05, 3.63) is 35.4 Å². The highest BCUT2D eigenvalue weighted by atomic mass is 16.4. The molecule has 2 rings (SSSR count). The van der Waals surface area contributed by atoms with Gasteiger partial charge in [-0.3, -0.25) is 0 Å². The Bertz CT molecular complexity index is 482. The first kappa shape index (κ1) is 15.0. The first-order valence-corrected chi connectivity index (χ1v) is 7.42. The summed E-state index contributed by atoms with van der Waals surface area (Å²) in [5.74, 6) is -0.120. The number of hydrogen-bond acceptors (Lipinski definition) is 2. The summed E-state index contributed by atoms with van der Waals surface area (Å²) in [7, 11) is 0. The maximum Gasteiger partial charge on any atom is 0.336 e. The van der Waals surface area contributed by atoms with Gasteiger partial charge >= 0.3 is 5.97 Å². The Morgan fingerprint density at radius 2 is 2.05 bits per heavy atom. The molecule has 0 bridgehead atoms. The monoisotopic (exact) mass is 275 g/mol. The van der Waals surface area contributed by atoms with E-state index in [1.54, 1.807) is 12.1 Å². The molecule has 0 spiro atoms. The summed E-state index contributed by atoms with van der Waals surface area (Å²) < 4.78 is 0. The van der Waals surface area contributed by atoms with Crippen LogP contribution in [0.25, 0.3) is 0 Å². The SMILES string of the molecule is CC1CC(NCc2ccccc2C(=O)O)CC(C)(C)C1. The van der Waals surface area contributed by atoms with Crippen molar-refractivity contribution in [3.63, 3.8) is 0 Å². The standard InChI is InChI=1S/C17H25NO2/c1-12-8-14(10-17(2,3)9-12)18-11-13-6-4-5-7-15(13)16(19)20/h4-7,12,14,18H,8-11H2,1-3H3,(H,19,20). The largest absolute Gasteiger partial charge is 0.478 e. The molecule has 2 atom stereocenters. The van der Waals surface area contributed by atoms with Crippen molar-refractivity contribution in [1.82, 2.24) is 5.32 Å². The molecule has 1 aliphatic carbocycles. The van der Waals surface area contributed by atoms with E-state index < -0.39 is 5.97 Å². The van der Waals surface area contributed by atoms with E-state index in [4.69, 9.17) is 0 Å². The highest BCUT2D eigenvalue weighted by Gasteiger charge is 2.31. The molecule has 2 N–H and O–H groups in total. The zero-order chi connectivity index (χ0) is 14.8. The van der Waals surface area contributed by atoms with Gasteiger partial charge < -0.3 is 10.4 Å². The van der Waals surface area contributed by atoms with Crippen LogP contribution in [0.15, 0.2) is 24.3 Å². The molecule has 1 aromatic carbocycles. The molecule has 1 fully saturated rings.